The monoisotopic (exact) mass is 300 g/mol. The zero-order valence-electron chi connectivity index (χ0n) is 2.90. The molecule has 5 heteroatoms. The van der Waals surface area contributed by atoms with Gasteiger partial charge in [-0.2, -0.15) is 0 Å². The fourth-order valence-corrected chi connectivity index (χ4v) is 0. The predicted octanol–water partition coefficient (Wildman–Crippen LogP) is -6.29. The van der Waals surface area contributed by atoms with Crippen molar-refractivity contribution >= 4 is 27.3 Å². The van der Waals surface area contributed by atoms with Crippen molar-refractivity contribution in [2.24, 2.45) is 0 Å². The summed E-state index contributed by atoms with van der Waals surface area (Å²) in [6, 6.07) is 0. The molecule has 0 rings (SSSR count). The van der Waals surface area contributed by atoms with E-state index in [2.05, 4.69) is 0 Å². The number of halogens is 1. The molecule has 0 aromatic rings. The maximum absolute atomic E-state index is 8.24. The van der Waals surface area contributed by atoms with Crippen molar-refractivity contribution in [1.82, 2.24) is 0 Å². The van der Waals surface area contributed by atoms with Crippen molar-refractivity contribution < 1.29 is 50.2 Å². The number of hydrogen-bond donors (Lipinski definition) is 0. The summed E-state index contributed by atoms with van der Waals surface area (Å²) in [6.45, 7) is 0. The molecule has 0 aromatic heterocycles. The van der Waals surface area contributed by atoms with E-state index in [1.54, 1.807) is 0 Å². The molecule has 0 fully saturated rings. The molecule has 2 radical (unpaired) electrons. The molecule has 0 amide bonds. The van der Waals surface area contributed by atoms with E-state index in [0.29, 0.717) is 0 Å². The van der Waals surface area contributed by atoms with Gasteiger partial charge in [0, 0.05) is 0 Å². The second kappa shape index (κ2) is 16.5. The number of rotatable bonds is 0. The quantitative estimate of drug-likeness (QED) is 0.418. The average Bonchev–Trinajstić information content (AvgIpc) is 0.918. The van der Waals surface area contributed by atoms with Crippen LogP contribution >= 0.6 is 0 Å². The minimum absolute atomic E-state index is 0. The van der Waals surface area contributed by atoms with Gasteiger partial charge in [-0.3, -0.25) is 0 Å². The maximum atomic E-state index is 8.24. The van der Waals surface area contributed by atoms with E-state index in [1.807, 2.05) is 0 Å². The Kier molecular flexibility index (Phi) is 51.7. The molecule has 26 valence electrons. The van der Waals surface area contributed by atoms with E-state index in [-0.39, 0.29) is 56.9 Å². The van der Waals surface area contributed by atoms with Crippen molar-refractivity contribution in [3.63, 3.8) is 0 Å². The first kappa shape index (κ1) is 15.7. The van der Waals surface area contributed by atoms with Crippen LogP contribution in [0.2, 0.25) is 0 Å². The number of hydrogen-bond acceptors (Lipinski definition) is 2. The zero-order chi connectivity index (χ0) is 2.71. The molecule has 0 atom stereocenters. The van der Waals surface area contributed by atoms with E-state index in [4.69, 9.17) is 9.32 Å². The summed E-state index contributed by atoms with van der Waals surface area (Å²) in [7, 11) is 0. The molecule has 0 bridgehead atoms. The molecule has 2 nitrogen and oxygen atoms in total. The first-order chi connectivity index (χ1) is 1.41. The van der Waals surface area contributed by atoms with Gasteiger partial charge in [0.15, 0.2) is 0 Å². The van der Waals surface area contributed by atoms with Crippen molar-refractivity contribution in [3.8, 4) is 0 Å². The second-order valence-corrected chi connectivity index (χ2v) is 0.189. The Hall–Kier alpha value is 2.13. The van der Waals surface area contributed by atoms with Crippen molar-refractivity contribution in [3.05, 3.63) is 0 Å². The molecule has 0 spiro atoms. The van der Waals surface area contributed by atoms with E-state index >= 15 is 0 Å². The van der Waals surface area contributed by atoms with Gasteiger partial charge < -0.3 is 9.32 Å². The molecule has 0 saturated carbocycles. The molecule has 0 aliphatic heterocycles. The van der Waals surface area contributed by atoms with Gasteiger partial charge in [-0.15, -0.1) is 0 Å². The molecule has 0 aromatic carbocycles. The Morgan fingerprint density at radius 1 is 1.20 bits per heavy atom. The van der Waals surface area contributed by atoms with E-state index in [1.165, 1.54) is 0 Å². The third kappa shape index (κ3) is 23.0. The first-order valence-electron chi connectivity index (χ1n) is 0.309. The van der Waals surface area contributed by atoms with Crippen LogP contribution in [0.15, 0.2) is 0 Å². The van der Waals surface area contributed by atoms with E-state index in [9.17, 15) is 0 Å². The van der Waals surface area contributed by atoms with Crippen LogP contribution in [0.4, 0.5) is 0 Å². The molecule has 0 aliphatic rings. The SMILES string of the molecule is [Na+].[O-][Cl+][O-].[PbH2]. The Morgan fingerprint density at radius 2 is 1.20 bits per heavy atom. The molecule has 0 unspecified atom stereocenters. The van der Waals surface area contributed by atoms with E-state index in [0.717, 1.165) is 0 Å². The topological polar surface area (TPSA) is 46.1 Å². The van der Waals surface area contributed by atoms with Gasteiger partial charge in [0.25, 0.3) is 0 Å². The molecule has 0 aliphatic carbocycles. The molecule has 0 saturated heterocycles. The Bertz CT molecular complexity index is 9.61. The Balaban J connectivity index is -0.0000000200. The van der Waals surface area contributed by atoms with Crippen molar-refractivity contribution in [2.45, 2.75) is 0 Å². The fraction of sp³-hybridized carbons (Fsp3) is 0. The van der Waals surface area contributed by atoms with Crippen molar-refractivity contribution in [2.75, 3.05) is 0 Å². The van der Waals surface area contributed by atoms with Gasteiger partial charge >= 0.3 is 56.9 Å². The van der Waals surface area contributed by atoms with Crippen LogP contribution in [0, 0.1) is 11.3 Å². The summed E-state index contributed by atoms with van der Waals surface area (Å²) in [5.74, 6) is 0. The second-order valence-electron chi connectivity index (χ2n) is 0.0630. The molecule has 0 heterocycles. The molecular weight excluding hydrogens is 298 g/mol. The van der Waals surface area contributed by atoms with Gasteiger partial charge in [-0.1, -0.05) is 0 Å². The van der Waals surface area contributed by atoms with Crippen LogP contribution in [0.3, 0.4) is 0 Å². The molecular formula is H2ClNaO2Pb. The predicted molar refractivity (Wildman–Crippen MR) is 8.54 cm³/mol. The molecule has 0 N–H and O–H groups in total. The summed E-state index contributed by atoms with van der Waals surface area (Å²) in [5, 5.41) is 0. The first-order valence-corrected chi connectivity index (χ1v) is 0.926. The summed E-state index contributed by atoms with van der Waals surface area (Å²) in [4.78, 5) is 0. The third-order valence-electron chi connectivity index (χ3n) is 0. The van der Waals surface area contributed by atoms with Gasteiger partial charge in [-0.05, 0) is 0 Å². The van der Waals surface area contributed by atoms with Gasteiger partial charge in [0.2, 0.25) is 0 Å². The van der Waals surface area contributed by atoms with Gasteiger partial charge in [0.05, 0.1) is 11.3 Å². The minimum atomic E-state index is -0.417. The van der Waals surface area contributed by atoms with Crippen LogP contribution < -0.4 is 38.9 Å². The average molecular weight is 300 g/mol. The Morgan fingerprint density at radius 3 is 1.20 bits per heavy atom. The van der Waals surface area contributed by atoms with E-state index < -0.39 is 11.3 Å². The van der Waals surface area contributed by atoms with Crippen LogP contribution in [0.1, 0.15) is 0 Å². The van der Waals surface area contributed by atoms with Crippen LogP contribution in [-0.2, 0) is 0 Å². The summed E-state index contributed by atoms with van der Waals surface area (Å²) in [5.41, 5.74) is 0. The Labute approximate surface area is 76.5 Å². The third-order valence-corrected chi connectivity index (χ3v) is 0. The summed E-state index contributed by atoms with van der Waals surface area (Å²) in [6.07, 6.45) is 0. The van der Waals surface area contributed by atoms with Crippen LogP contribution in [0.5, 0.6) is 0 Å². The van der Waals surface area contributed by atoms with Crippen LogP contribution in [-0.4, -0.2) is 27.3 Å². The standard InChI is InChI=1S/ClO2.Na.Pb.2H/c2-1-3;;;;/q-1;+1;;;. The summed E-state index contributed by atoms with van der Waals surface area (Å²) < 4.78 is 16.5. The zero-order valence-corrected chi connectivity index (χ0v) is 11.2. The normalized spacial score (nSPS) is 3.60. The van der Waals surface area contributed by atoms with Gasteiger partial charge in [0.1, 0.15) is 0 Å². The van der Waals surface area contributed by atoms with Crippen LogP contribution in [0.25, 0.3) is 0 Å². The van der Waals surface area contributed by atoms with Gasteiger partial charge in [-0.25, -0.2) is 0 Å². The van der Waals surface area contributed by atoms with Crippen molar-refractivity contribution in [1.29, 1.82) is 0 Å². The molecule has 5 heavy (non-hydrogen) atoms. The fourth-order valence-electron chi connectivity index (χ4n) is 0. The summed E-state index contributed by atoms with van der Waals surface area (Å²) >= 11 is -0.417.